The summed E-state index contributed by atoms with van der Waals surface area (Å²) in [7, 11) is 0. The SMILES string of the molecule is CC/C=C\C/C=C\C/C=C\C/C=C\CCCCCCC(=O)OC(CO)COC(=O)CCCCCCCCCCCCCCCCCCCCCCCCCCC/C=C\C/C=C\CCCCCCC. The molecule has 0 aliphatic carbocycles. The van der Waals surface area contributed by atoms with E-state index in [-0.39, 0.29) is 25.2 Å². The minimum Gasteiger partial charge on any atom is -0.462 e. The molecule has 1 N–H and O–H groups in total. The number of hydrogen-bond acceptors (Lipinski definition) is 5. The van der Waals surface area contributed by atoms with E-state index in [1.807, 2.05) is 0 Å². The van der Waals surface area contributed by atoms with Crippen LogP contribution in [0.5, 0.6) is 0 Å². The fourth-order valence-corrected chi connectivity index (χ4v) is 8.58. The van der Waals surface area contributed by atoms with Gasteiger partial charge in [0.2, 0.25) is 0 Å². The molecule has 0 heterocycles. The van der Waals surface area contributed by atoms with Crippen molar-refractivity contribution in [2.75, 3.05) is 13.2 Å². The van der Waals surface area contributed by atoms with Crippen LogP contribution in [0.15, 0.2) is 72.9 Å². The van der Waals surface area contributed by atoms with Crippen molar-refractivity contribution in [2.45, 2.75) is 302 Å². The molecule has 0 aliphatic rings. The van der Waals surface area contributed by atoms with Gasteiger partial charge < -0.3 is 14.6 Å². The summed E-state index contributed by atoms with van der Waals surface area (Å²) in [6.07, 6.45) is 80.5. The maximum atomic E-state index is 12.3. The van der Waals surface area contributed by atoms with Crippen LogP contribution < -0.4 is 0 Å². The quantitative estimate of drug-likeness (QED) is 0.0374. The summed E-state index contributed by atoms with van der Waals surface area (Å²) >= 11 is 0. The Morgan fingerprint density at radius 3 is 0.956 bits per heavy atom. The van der Waals surface area contributed by atoms with E-state index in [2.05, 4.69) is 86.8 Å². The van der Waals surface area contributed by atoms with Gasteiger partial charge in [-0.25, -0.2) is 0 Å². The van der Waals surface area contributed by atoms with Gasteiger partial charge in [-0.1, -0.05) is 273 Å². The van der Waals surface area contributed by atoms with Crippen molar-refractivity contribution in [3.05, 3.63) is 72.9 Å². The van der Waals surface area contributed by atoms with E-state index in [0.29, 0.717) is 12.8 Å². The number of carbonyl (C=O) groups is 2. The molecule has 394 valence electrons. The zero-order valence-electron chi connectivity index (χ0n) is 45.1. The molecule has 5 heteroatoms. The fraction of sp³-hybridized carbons (Fsp3) is 0.778. The summed E-state index contributed by atoms with van der Waals surface area (Å²) in [5, 5.41) is 9.63. The van der Waals surface area contributed by atoms with Crippen LogP contribution in [0.3, 0.4) is 0 Å². The highest BCUT2D eigenvalue weighted by Crippen LogP contribution is 2.17. The van der Waals surface area contributed by atoms with Crippen LogP contribution in [0.4, 0.5) is 0 Å². The van der Waals surface area contributed by atoms with Crippen LogP contribution >= 0.6 is 0 Å². The Balaban J connectivity index is 3.41. The lowest BCUT2D eigenvalue weighted by Crippen LogP contribution is -2.28. The molecule has 0 saturated heterocycles. The lowest BCUT2D eigenvalue weighted by atomic mass is 10.0. The van der Waals surface area contributed by atoms with Crippen LogP contribution in [-0.4, -0.2) is 36.4 Å². The Kier molecular flexibility index (Phi) is 56.4. The van der Waals surface area contributed by atoms with Gasteiger partial charge in [0.1, 0.15) is 6.61 Å². The van der Waals surface area contributed by atoms with E-state index in [4.69, 9.17) is 9.47 Å². The van der Waals surface area contributed by atoms with Crippen LogP contribution in [0.1, 0.15) is 296 Å². The van der Waals surface area contributed by atoms with Gasteiger partial charge in [0, 0.05) is 12.8 Å². The Morgan fingerprint density at radius 2 is 0.632 bits per heavy atom. The van der Waals surface area contributed by atoms with Crippen LogP contribution in [0.25, 0.3) is 0 Å². The number of aliphatic hydroxyl groups excluding tert-OH is 1. The molecule has 0 aliphatic heterocycles. The Morgan fingerprint density at radius 1 is 0.353 bits per heavy atom. The highest BCUT2D eigenvalue weighted by molar-refractivity contribution is 5.70. The molecule has 0 fully saturated rings. The number of hydrogen-bond donors (Lipinski definition) is 1. The number of rotatable bonds is 54. The number of aliphatic hydroxyl groups is 1. The lowest BCUT2D eigenvalue weighted by molar-refractivity contribution is -0.161. The van der Waals surface area contributed by atoms with E-state index in [9.17, 15) is 14.7 Å². The molecular weight excluding hydrogens is 837 g/mol. The largest absolute Gasteiger partial charge is 0.462 e. The summed E-state index contributed by atoms with van der Waals surface area (Å²) in [5.41, 5.74) is 0. The van der Waals surface area contributed by atoms with E-state index < -0.39 is 6.10 Å². The highest BCUT2D eigenvalue weighted by Gasteiger charge is 2.16. The highest BCUT2D eigenvalue weighted by atomic mass is 16.6. The topological polar surface area (TPSA) is 72.8 Å². The molecule has 68 heavy (non-hydrogen) atoms. The molecule has 5 nitrogen and oxygen atoms in total. The molecule has 1 unspecified atom stereocenters. The first kappa shape index (κ1) is 65.3. The molecule has 0 saturated carbocycles. The number of ether oxygens (including phenoxy) is 2. The molecular formula is C63H112O5. The van der Waals surface area contributed by atoms with Crippen molar-refractivity contribution in [2.24, 2.45) is 0 Å². The minimum atomic E-state index is -0.787. The number of allylic oxidation sites excluding steroid dienone is 12. The lowest BCUT2D eigenvalue weighted by Gasteiger charge is -2.15. The molecule has 0 rings (SSSR count). The summed E-state index contributed by atoms with van der Waals surface area (Å²) in [6, 6.07) is 0. The Hall–Kier alpha value is -2.66. The van der Waals surface area contributed by atoms with E-state index in [0.717, 1.165) is 83.5 Å². The molecule has 0 amide bonds. The molecule has 1 atom stereocenters. The van der Waals surface area contributed by atoms with Crippen LogP contribution in [-0.2, 0) is 19.1 Å². The smallest absolute Gasteiger partial charge is 0.306 e. The van der Waals surface area contributed by atoms with E-state index >= 15 is 0 Å². The summed E-state index contributed by atoms with van der Waals surface area (Å²) < 4.78 is 10.7. The second-order valence-corrected chi connectivity index (χ2v) is 19.7. The standard InChI is InChI=1S/C63H112O5/c1-3-5-7-9-11-13-15-17-19-21-22-23-24-25-26-27-28-29-30-31-32-33-34-35-36-37-38-39-40-42-43-45-47-49-51-53-55-57-62(65)67-60-61(59-64)68-63(66)58-56-54-52-50-48-46-44-41-20-18-16-14-12-10-8-6-4-2/h6,8,12,14-15,17-18,20-22,44,46,61,64H,3-5,7,9-11,13,16,19,23-43,45,47-60H2,1-2H3/b8-6-,14-12-,17-15-,20-18-,22-21-,46-44-. The Labute approximate surface area is 423 Å². The second-order valence-electron chi connectivity index (χ2n) is 19.7. The molecule has 0 radical (unpaired) electrons. The van der Waals surface area contributed by atoms with Crippen molar-refractivity contribution < 1.29 is 24.2 Å². The molecule has 0 spiro atoms. The van der Waals surface area contributed by atoms with Crippen molar-refractivity contribution in [3.8, 4) is 0 Å². The first-order valence-corrected chi connectivity index (χ1v) is 29.5. The Bertz CT molecular complexity index is 1210. The van der Waals surface area contributed by atoms with Crippen molar-refractivity contribution in [1.29, 1.82) is 0 Å². The third-order valence-corrected chi connectivity index (χ3v) is 13.0. The zero-order valence-corrected chi connectivity index (χ0v) is 45.1. The number of unbranched alkanes of at least 4 members (excludes halogenated alkanes) is 34. The zero-order chi connectivity index (χ0) is 49.2. The normalized spacial score (nSPS) is 12.7. The van der Waals surface area contributed by atoms with E-state index in [1.165, 1.54) is 186 Å². The van der Waals surface area contributed by atoms with E-state index in [1.54, 1.807) is 0 Å². The van der Waals surface area contributed by atoms with Gasteiger partial charge in [-0.2, -0.15) is 0 Å². The maximum absolute atomic E-state index is 12.3. The predicted molar refractivity (Wildman–Crippen MR) is 297 cm³/mol. The average molecular weight is 950 g/mol. The predicted octanol–water partition coefficient (Wildman–Crippen LogP) is 20.0. The van der Waals surface area contributed by atoms with Crippen LogP contribution in [0, 0.1) is 0 Å². The summed E-state index contributed by atoms with van der Waals surface area (Å²) in [4.78, 5) is 24.5. The maximum Gasteiger partial charge on any atom is 0.306 e. The first-order chi connectivity index (χ1) is 33.6. The van der Waals surface area contributed by atoms with Gasteiger partial charge in [0.15, 0.2) is 6.10 Å². The van der Waals surface area contributed by atoms with Crippen molar-refractivity contribution in [3.63, 3.8) is 0 Å². The number of carbonyl (C=O) groups excluding carboxylic acids is 2. The van der Waals surface area contributed by atoms with Gasteiger partial charge in [0.05, 0.1) is 6.61 Å². The molecule has 0 bridgehead atoms. The van der Waals surface area contributed by atoms with Crippen LogP contribution in [0.2, 0.25) is 0 Å². The van der Waals surface area contributed by atoms with Gasteiger partial charge in [-0.3, -0.25) is 9.59 Å². The monoisotopic (exact) mass is 949 g/mol. The van der Waals surface area contributed by atoms with Gasteiger partial charge in [0.25, 0.3) is 0 Å². The van der Waals surface area contributed by atoms with Gasteiger partial charge in [-0.15, -0.1) is 0 Å². The third-order valence-electron chi connectivity index (χ3n) is 13.0. The summed E-state index contributed by atoms with van der Waals surface area (Å²) in [5.74, 6) is -0.610. The van der Waals surface area contributed by atoms with Crippen molar-refractivity contribution >= 4 is 11.9 Å². The molecule has 0 aromatic heterocycles. The average Bonchev–Trinajstić information content (AvgIpc) is 3.34. The second kappa shape index (κ2) is 58.7. The third kappa shape index (κ3) is 55.9. The number of esters is 2. The molecule has 0 aromatic carbocycles. The first-order valence-electron chi connectivity index (χ1n) is 29.5. The summed E-state index contributed by atoms with van der Waals surface area (Å²) in [6.45, 7) is 4.02. The minimum absolute atomic E-state index is 0.0756. The van der Waals surface area contributed by atoms with Gasteiger partial charge in [-0.05, 0) is 83.5 Å². The molecule has 0 aromatic rings. The van der Waals surface area contributed by atoms with Crippen molar-refractivity contribution in [1.82, 2.24) is 0 Å². The fourth-order valence-electron chi connectivity index (χ4n) is 8.58. The van der Waals surface area contributed by atoms with Gasteiger partial charge >= 0.3 is 11.9 Å².